The SMILES string of the molecule is CCCNC(C=C(C)C)c1cnccn1. The molecule has 1 aromatic rings. The summed E-state index contributed by atoms with van der Waals surface area (Å²) in [5.41, 5.74) is 2.27. The van der Waals surface area contributed by atoms with Crippen molar-refractivity contribution in [2.45, 2.75) is 33.2 Å². The molecule has 0 aromatic carbocycles. The van der Waals surface area contributed by atoms with Gasteiger partial charge < -0.3 is 5.32 Å². The van der Waals surface area contributed by atoms with Crippen molar-refractivity contribution in [3.8, 4) is 0 Å². The first kappa shape index (κ1) is 11.9. The smallest absolute Gasteiger partial charge is 0.0795 e. The van der Waals surface area contributed by atoms with Gasteiger partial charge in [0.2, 0.25) is 0 Å². The molecule has 3 heteroatoms. The predicted octanol–water partition coefficient (Wildman–Crippen LogP) is 2.48. The molecule has 1 N–H and O–H groups in total. The van der Waals surface area contributed by atoms with Crippen LogP contribution in [0, 0.1) is 0 Å². The van der Waals surface area contributed by atoms with Gasteiger partial charge in [-0.1, -0.05) is 18.6 Å². The summed E-state index contributed by atoms with van der Waals surface area (Å²) in [6.07, 6.45) is 8.54. The van der Waals surface area contributed by atoms with Crippen molar-refractivity contribution in [3.05, 3.63) is 35.9 Å². The maximum Gasteiger partial charge on any atom is 0.0795 e. The molecule has 0 aliphatic rings. The number of allylic oxidation sites excluding steroid dienone is 1. The van der Waals surface area contributed by atoms with Crippen LogP contribution in [-0.2, 0) is 0 Å². The molecule has 0 fully saturated rings. The molecule has 1 aromatic heterocycles. The van der Waals surface area contributed by atoms with Gasteiger partial charge in [0.05, 0.1) is 17.9 Å². The van der Waals surface area contributed by atoms with E-state index in [4.69, 9.17) is 0 Å². The molecule has 0 saturated carbocycles. The lowest BCUT2D eigenvalue weighted by Crippen LogP contribution is -2.21. The van der Waals surface area contributed by atoms with Crippen LogP contribution >= 0.6 is 0 Å². The largest absolute Gasteiger partial charge is 0.305 e. The molecule has 1 heterocycles. The maximum atomic E-state index is 4.32. The lowest BCUT2D eigenvalue weighted by molar-refractivity contribution is 0.596. The Morgan fingerprint density at radius 3 is 2.80 bits per heavy atom. The minimum atomic E-state index is 0.184. The molecule has 15 heavy (non-hydrogen) atoms. The quantitative estimate of drug-likeness (QED) is 0.750. The third-order valence-electron chi connectivity index (χ3n) is 2.02. The first-order chi connectivity index (χ1) is 7.24. The van der Waals surface area contributed by atoms with Crippen molar-refractivity contribution in [1.82, 2.24) is 15.3 Å². The predicted molar refractivity (Wildman–Crippen MR) is 62.5 cm³/mol. The Bertz CT molecular complexity index is 302. The Labute approximate surface area is 91.7 Å². The number of nitrogens with zero attached hydrogens (tertiary/aromatic N) is 2. The average molecular weight is 205 g/mol. The normalized spacial score (nSPS) is 12.2. The van der Waals surface area contributed by atoms with E-state index < -0.39 is 0 Å². The van der Waals surface area contributed by atoms with Gasteiger partial charge in [-0.3, -0.25) is 9.97 Å². The summed E-state index contributed by atoms with van der Waals surface area (Å²) in [4.78, 5) is 8.40. The van der Waals surface area contributed by atoms with E-state index in [-0.39, 0.29) is 6.04 Å². The third-order valence-corrected chi connectivity index (χ3v) is 2.02. The molecule has 82 valence electrons. The van der Waals surface area contributed by atoms with Crippen LogP contribution in [0.2, 0.25) is 0 Å². The van der Waals surface area contributed by atoms with E-state index >= 15 is 0 Å². The molecule has 3 nitrogen and oxygen atoms in total. The standard InChI is InChI=1S/C12H19N3/c1-4-5-14-11(8-10(2)3)12-9-13-6-7-15-12/h6-9,11,14H,4-5H2,1-3H3. The molecular formula is C12H19N3. The van der Waals surface area contributed by atoms with E-state index in [1.807, 2.05) is 6.20 Å². The van der Waals surface area contributed by atoms with Crippen LogP contribution in [0.1, 0.15) is 38.9 Å². The van der Waals surface area contributed by atoms with Crippen LogP contribution in [0.3, 0.4) is 0 Å². The summed E-state index contributed by atoms with van der Waals surface area (Å²) in [6.45, 7) is 7.34. The Morgan fingerprint density at radius 2 is 2.27 bits per heavy atom. The summed E-state index contributed by atoms with van der Waals surface area (Å²) in [6, 6.07) is 0.184. The Kier molecular flexibility index (Phi) is 4.98. The van der Waals surface area contributed by atoms with Crippen LogP contribution in [-0.4, -0.2) is 16.5 Å². The molecule has 0 bridgehead atoms. The van der Waals surface area contributed by atoms with Gasteiger partial charge >= 0.3 is 0 Å². The second kappa shape index (κ2) is 6.30. The highest BCUT2D eigenvalue weighted by atomic mass is 14.9. The molecule has 1 unspecified atom stereocenters. The van der Waals surface area contributed by atoms with Gasteiger partial charge in [-0.25, -0.2) is 0 Å². The van der Waals surface area contributed by atoms with Crippen LogP contribution < -0.4 is 5.32 Å². The van der Waals surface area contributed by atoms with Gasteiger partial charge in [-0.15, -0.1) is 0 Å². The first-order valence-corrected chi connectivity index (χ1v) is 5.38. The zero-order valence-corrected chi connectivity index (χ0v) is 9.70. The fourth-order valence-corrected chi connectivity index (χ4v) is 1.35. The molecule has 1 atom stereocenters. The Morgan fingerprint density at radius 1 is 1.47 bits per heavy atom. The summed E-state index contributed by atoms with van der Waals surface area (Å²) in [5, 5.41) is 3.44. The van der Waals surface area contributed by atoms with Gasteiger partial charge in [-0.2, -0.15) is 0 Å². The van der Waals surface area contributed by atoms with Crippen molar-refractivity contribution >= 4 is 0 Å². The van der Waals surface area contributed by atoms with E-state index in [9.17, 15) is 0 Å². The maximum absolute atomic E-state index is 4.32. The van der Waals surface area contributed by atoms with E-state index in [0.29, 0.717) is 0 Å². The van der Waals surface area contributed by atoms with Crippen LogP contribution in [0.4, 0.5) is 0 Å². The highest BCUT2D eigenvalue weighted by molar-refractivity contribution is 5.13. The van der Waals surface area contributed by atoms with Crippen molar-refractivity contribution in [2.75, 3.05) is 6.54 Å². The lowest BCUT2D eigenvalue weighted by atomic mass is 10.1. The second-order valence-electron chi connectivity index (χ2n) is 3.81. The van der Waals surface area contributed by atoms with E-state index in [2.05, 4.69) is 42.1 Å². The zero-order valence-electron chi connectivity index (χ0n) is 9.70. The van der Waals surface area contributed by atoms with Crippen molar-refractivity contribution in [2.24, 2.45) is 0 Å². The molecule has 0 spiro atoms. The van der Waals surface area contributed by atoms with Gasteiger partial charge in [-0.05, 0) is 26.8 Å². The van der Waals surface area contributed by atoms with Gasteiger partial charge in [0.25, 0.3) is 0 Å². The fraction of sp³-hybridized carbons (Fsp3) is 0.500. The lowest BCUT2D eigenvalue weighted by Gasteiger charge is -2.14. The van der Waals surface area contributed by atoms with E-state index in [0.717, 1.165) is 18.7 Å². The Balaban J connectivity index is 2.77. The number of hydrogen-bond acceptors (Lipinski definition) is 3. The van der Waals surface area contributed by atoms with Crippen LogP contribution in [0.15, 0.2) is 30.2 Å². The average Bonchev–Trinajstić information content (AvgIpc) is 2.25. The van der Waals surface area contributed by atoms with Crippen LogP contribution in [0.25, 0.3) is 0 Å². The van der Waals surface area contributed by atoms with Crippen molar-refractivity contribution in [3.63, 3.8) is 0 Å². The number of nitrogens with one attached hydrogen (secondary N) is 1. The molecule has 0 radical (unpaired) electrons. The third kappa shape index (κ3) is 4.21. The first-order valence-electron chi connectivity index (χ1n) is 5.38. The van der Waals surface area contributed by atoms with Crippen molar-refractivity contribution < 1.29 is 0 Å². The zero-order chi connectivity index (χ0) is 11.1. The molecule has 0 aliphatic heterocycles. The monoisotopic (exact) mass is 205 g/mol. The number of rotatable bonds is 5. The number of hydrogen-bond donors (Lipinski definition) is 1. The summed E-state index contributed by atoms with van der Waals surface area (Å²) in [5.74, 6) is 0. The Hall–Kier alpha value is -1.22. The highest BCUT2D eigenvalue weighted by Crippen LogP contribution is 2.12. The van der Waals surface area contributed by atoms with Crippen LogP contribution in [0.5, 0.6) is 0 Å². The molecule has 0 aliphatic carbocycles. The summed E-state index contributed by atoms with van der Waals surface area (Å²) >= 11 is 0. The molecule has 0 amide bonds. The number of aromatic nitrogens is 2. The molecule has 1 rings (SSSR count). The van der Waals surface area contributed by atoms with Gasteiger partial charge in [0.1, 0.15) is 0 Å². The van der Waals surface area contributed by atoms with Gasteiger partial charge in [0, 0.05) is 12.4 Å². The van der Waals surface area contributed by atoms with E-state index in [1.54, 1.807) is 12.4 Å². The highest BCUT2D eigenvalue weighted by Gasteiger charge is 2.08. The van der Waals surface area contributed by atoms with E-state index in [1.165, 1.54) is 5.57 Å². The fourth-order valence-electron chi connectivity index (χ4n) is 1.35. The summed E-state index contributed by atoms with van der Waals surface area (Å²) in [7, 11) is 0. The topological polar surface area (TPSA) is 37.8 Å². The summed E-state index contributed by atoms with van der Waals surface area (Å²) < 4.78 is 0. The minimum Gasteiger partial charge on any atom is -0.305 e. The van der Waals surface area contributed by atoms with Gasteiger partial charge in [0.15, 0.2) is 0 Å². The second-order valence-corrected chi connectivity index (χ2v) is 3.81. The van der Waals surface area contributed by atoms with Crippen molar-refractivity contribution in [1.29, 1.82) is 0 Å². The molecular weight excluding hydrogens is 186 g/mol. The minimum absolute atomic E-state index is 0.184. The molecule has 0 saturated heterocycles.